The van der Waals surface area contributed by atoms with Crippen molar-refractivity contribution in [2.24, 2.45) is 0 Å². The molecule has 1 N–H and O–H groups in total. The Labute approximate surface area is 106 Å². The summed E-state index contributed by atoms with van der Waals surface area (Å²) in [5.74, 6) is 0. The lowest BCUT2D eigenvalue weighted by Gasteiger charge is -2.12. The maximum atomic E-state index is 9.46. The molecule has 0 bridgehead atoms. The number of aliphatic hydroxyl groups excluding tert-OH is 1. The minimum absolute atomic E-state index is 0.442. The first-order chi connectivity index (χ1) is 7.66. The smallest absolute Gasteiger partial charge is 0.0762 e. The van der Waals surface area contributed by atoms with Crippen LogP contribution < -0.4 is 0 Å². The molecule has 1 aliphatic carbocycles. The highest BCUT2D eigenvalue weighted by Crippen LogP contribution is 2.38. The lowest BCUT2D eigenvalue weighted by molar-refractivity contribution is 0.199. The molecule has 16 heavy (non-hydrogen) atoms. The van der Waals surface area contributed by atoms with Gasteiger partial charge < -0.3 is 5.11 Å². The Hall–Kier alpha value is -0.180. The first-order valence-corrected chi connectivity index (χ1v) is 7.07. The predicted molar refractivity (Wildman–Crippen MR) is 70.2 cm³/mol. The number of rotatable bonds is 3. The van der Waals surface area contributed by atoms with Crippen LogP contribution in [-0.4, -0.2) is 10.4 Å². The summed E-state index contributed by atoms with van der Waals surface area (Å²) < 4.78 is 0. The summed E-state index contributed by atoms with van der Waals surface area (Å²) >= 11 is 8.10. The van der Waals surface area contributed by atoms with Gasteiger partial charge in [-0.15, -0.1) is 11.8 Å². The summed E-state index contributed by atoms with van der Waals surface area (Å²) in [5, 5.41) is 11.0. The van der Waals surface area contributed by atoms with Crippen molar-refractivity contribution < 1.29 is 5.11 Å². The molecule has 0 saturated heterocycles. The third kappa shape index (κ3) is 2.93. The molecule has 1 nitrogen and oxygen atoms in total. The highest BCUT2D eigenvalue weighted by molar-refractivity contribution is 8.00. The molecule has 0 aromatic heterocycles. The Balaban J connectivity index is 2.09. The summed E-state index contributed by atoms with van der Waals surface area (Å²) in [4.78, 5) is 1.15. The number of hydrogen-bond donors (Lipinski definition) is 1. The van der Waals surface area contributed by atoms with E-state index in [2.05, 4.69) is 0 Å². The van der Waals surface area contributed by atoms with Gasteiger partial charge in [0.2, 0.25) is 0 Å². The average molecular weight is 257 g/mol. The molecule has 0 spiro atoms. The maximum Gasteiger partial charge on any atom is 0.0762 e. The first kappa shape index (κ1) is 12.3. The molecule has 0 amide bonds. The van der Waals surface area contributed by atoms with Crippen molar-refractivity contribution in [2.75, 3.05) is 0 Å². The Morgan fingerprint density at radius 2 is 2.06 bits per heavy atom. The average Bonchev–Trinajstić information content (AvgIpc) is 2.73. The van der Waals surface area contributed by atoms with Gasteiger partial charge in [0, 0.05) is 10.1 Å². The van der Waals surface area contributed by atoms with Crippen LogP contribution in [0.5, 0.6) is 0 Å². The molecule has 1 aromatic carbocycles. The second-order valence-electron chi connectivity index (χ2n) is 4.39. The van der Waals surface area contributed by atoms with Gasteiger partial charge >= 0.3 is 0 Å². The molecule has 3 heteroatoms. The largest absolute Gasteiger partial charge is 0.389 e. The van der Waals surface area contributed by atoms with E-state index in [0.29, 0.717) is 0 Å². The van der Waals surface area contributed by atoms with Crippen LogP contribution >= 0.6 is 23.4 Å². The monoisotopic (exact) mass is 256 g/mol. The molecule has 0 unspecified atom stereocenters. The van der Waals surface area contributed by atoms with Gasteiger partial charge in [-0.05, 0) is 37.5 Å². The Morgan fingerprint density at radius 3 is 2.62 bits per heavy atom. The SMILES string of the molecule is C[C@@H](O)c1ccc(SC2CCCC2)c(Cl)c1. The van der Waals surface area contributed by atoms with Crippen LogP contribution in [0.25, 0.3) is 0 Å². The van der Waals surface area contributed by atoms with Crippen molar-refractivity contribution in [2.45, 2.75) is 48.9 Å². The molecule has 1 aliphatic rings. The van der Waals surface area contributed by atoms with Crippen LogP contribution in [0.1, 0.15) is 44.3 Å². The lowest BCUT2D eigenvalue weighted by atomic mass is 10.1. The van der Waals surface area contributed by atoms with Crippen LogP contribution in [0.15, 0.2) is 23.1 Å². The van der Waals surface area contributed by atoms with Crippen molar-refractivity contribution in [1.82, 2.24) is 0 Å². The molecule has 0 heterocycles. The third-order valence-electron chi connectivity index (χ3n) is 3.03. The van der Waals surface area contributed by atoms with Gasteiger partial charge in [0.1, 0.15) is 0 Å². The molecule has 2 rings (SSSR count). The fourth-order valence-corrected chi connectivity index (χ4v) is 3.63. The molecule has 1 aromatic rings. The molecular formula is C13H17ClOS. The second-order valence-corrected chi connectivity index (χ2v) is 6.14. The quantitative estimate of drug-likeness (QED) is 0.864. The fourth-order valence-electron chi connectivity index (χ4n) is 2.06. The Bertz CT molecular complexity index is 359. The van der Waals surface area contributed by atoms with Gasteiger partial charge in [-0.3, -0.25) is 0 Å². The van der Waals surface area contributed by atoms with Crippen LogP contribution in [0.3, 0.4) is 0 Å². The van der Waals surface area contributed by atoms with Crippen molar-refractivity contribution in [3.63, 3.8) is 0 Å². The second kappa shape index (κ2) is 5.44. The summed E-state index contributed by atoms with van der Waals surface area (Å²) in [5.41, 5.74) is 0.890. The van der Waals surface area contributed by atoms with Gasteiger partial charge in [0.25, 0.3) is 0 Å². The highest BCUT2D eigenvalue weighted by Gasteiger charge is 2.17. The van der Waals surface area contributed by atoms with E-state index < -0.39 is 6.10 Å². The van der Waals surface area contributed by atoms with E-state index in [1.54, 1.807) is 6.92 Å². The van der Waals surface area contributed by atoms with E-state index in [1.807, 2.05) is 30.0 Å². The molecule has 0 radical (unpaired) electrons. The summed E-state index contributed by atoms with van der Waals surface area (Å²) in [7, 11) is 0. The van der Waals surface area contributed by atoms with Gasteiger partial charge in [0.15, 0.2) is 0 Å². The van der Waals surface area contributed by atoms with E-state index in [-0.39, 0.29) is 0 Å². The van der Waals surface area contributed by atoms with Crippen molar-refractivity contribution in [3.8, 4) is 0 Å². The molecule has 88 valence electrons. The maximum absolute atomic E-state index is 9.46. The Kier molecular flexibility index (Phi) is 4.17. The van der Waals surface area contributed by atoms with Gasteiger partial charge in [0.05, 0.1) is 11.1 Å². The van der Waals surface area contributed by atoms with Crippen LogP contribution in [0, 0.1) is 0 Å². The number of aliphatic hydroxyl groups is 1. The van der Waals surface area contributed by atoms with Crippen molar-refractivity contribution in [3.05, 3.63) is 28.8 Å². The van der Waals surface area contributed by atoms with E-state index >= 15 is 0 Å². The molecule has 1 fully saturated rings. The van der Waals surface area contributed by atoms with Crippen LogP contribution in [0.4, 0.5) is 0 Å². The van der Waals surface area contributed by atoms with Gasteiger partial charge in [-0.2, -0.15) is 0 Å². The Morgan fingerprint density at radius 1 is 1.38 bits per heavy atom. The van der Waals surface area contributed by atoms with E-state index in [4.69, 9.17) is 11.6 Å². The summed E-state index contributed by atoms with van der Waals surface area (Å²) in [6, 6.07) is 5.88. The first-order valence-electron chi connectivity index (χ1n) is 5.81. The predicted octanol–water partition coefficient (Wildman–Crippen LogP) is 4.43. The van der Waals surface area contributed by atoms with Crippen molar-refractivity contribution >= 4 is 23.4 Å². The van der Waals surface area contributed by atoms with E-state index in [9.17, 15) is 5.11 Å². The molecule has 0 aliphatic heterocycles. The molecule has 1 saturated carbocycles. The summed E-state index contributed by atoms with van der Waals surface area (Å²) in [6.07, 6.45) is 4.86. The zero-order valence-corrected chi connectivity index (χ0v) is 11.0. The minimum Gasteiger partial charge on any atom is -0.389 e. The third-order valence-corrected chi connectivity index (χ3v) is 4.87. The standard InChI is InChI=1S/C13H17ClOS/c1-9(15)10-6-7-13(12(14)8-10)16-11-4-2-3-5-11/h6-9,11,15H,2-5H2,1H3/t9-/m1/s1. The number of halogens is 1. The normalized spacial score (nSPS) is 18.9. The molecular weight excluding hydrogens is 240 g/mol. The van der Waals surface area contributed by atoms with Gasteiger partial charge in [-0.1, -0.05) is 30.5 Å². The highest BCUT2D eigenvalue weighted by atomic mass is 35.5. The van der Waals surface area contributed by atoms with Gasteiger partial charge in [-0.25, -0.2) is 0 Å². The zero-order valence-electron chi connectivity index (χ0n) is 9.45. The van der Waals surface area contributed by atoms with E-state index in [1.165, 1.54) is 25.7 Å². The topological polar surface area (TPSA) is 20.2 Å². The molecule has 1 atom stereocenters. The zero-order chi connectivity index (χ0) is 11.5. The minimum atomic E-state index is -0.442. The summed E-state index contributed by atoms with van der Waals surface area (Å²) in [6.45, 7) is 1.76. The number of thioether (sulfide) groups is 1. The number of hydrogen-bond acceptors (Lipinski definition) is 2. The number of benzene rings is 1. The van der Waals surface area contributed by atoms with Crippen molar-refractivity contribution in [1.29, 1.82) is 0 Å². The van der Waals surface area contributed by atoms with E-state index in [0.717, 1.165) is 20.7 Å². The fraction of sp³-hybridized carbons (Fsp3) is 0.538. The lowest BCUT2D eigenvalue weighted by Crippen LogP contribution is -1.95. The van der Waals surface area contributed by atoms with Crippen LogP contribution in [-0.2, 0) is 0 Å². The van der Waals surface area contributed by atoms with Crippen LogP contribution in [0.2, 0.25) is 5.02 Å².